The predicted octanol–water partition coefficient (Wildman–Crippen LogP) is 1.76. The van der Waals surface area contributed by atoms with Crippen LogP contribution in [0.1, 0.15) is 18.2 Å². The highest BCUT2D eigenvalue weighted by molar-refractivity contribution is 6.30. The summed E-state index contributed by atoms with van der Waals surface area (Å²) in [4.78, 5) is 4.03. The summed E-state index contributed by atoms with van der Waals surface area (Å²) in [6, 6.07) is 0.342. The van der Waals surface area contributed by atoms with Crippen molar-refractivity contribution in [1.82, 2.24) is 24.6 Å². The molecule has 0 aliphatic carbocycles. The zero-order valence-electron chi connectivity index (χ0n) is 10.9. The van der Waals surface area contributed by atoms with Gasteiger partial charge in [-0.1, -0.05) is 11.6 Å². The maximum atomic E-state index is 6.19. The van der Waals surface area contributed by atoms with E-state index < -0.39 is 0 Å². The highest BCUT2D eigenvalue weighted by Crippen LogP contribution is 2.18. The van der Waals surface area contributed by atoms with Gasteiger partial charge in [-0.15, -0.1) is 0 Å². The fraction of sp³-hybridized carbons (Fsp3) is 0.500. The minimum Gasteiger partial charge on any atom is -0.336 e. The van der Waals surface area contributed by atoms with Gasteiger partial charge in [0.2, 0.25) is 0 Å². The van der Waals surface area contributed by atoms with Crippen LogP contribution in [0.15, 0.2) is 18.7 Å². The van der Waals surface area contributed by atoms with Crippen LogP contribution in [0, 0.1) is 6.92 Å². The fourth-order valence-corrected chi connectivity index (χ4v) is 2.17. The predicted molar refractivity (Wildman–Crippen MR) is 71.5 cm³/mol. The molecular formula is C12H18ClN5. The molecule has 0 aromatic carbocycles. The molecule has 0 spiro atoms. The van der Waals surface area contributed by atoms with Gasteiger partial charge in [0.1, 0.15) is 5.15 Å². The summed E-state index contributed by atoms with van der Waals surface area (Å²) in [5.41, 5.74) is 2.04. The van der Waals surface area contributed by atoms with Crippen molar-refractivity contribution in [2.75, 3.05) is 0 Å². The minimum atomic E-state index is 0.342. The van der Waals surface area contributed by atoms with E-state index in [9.17, 15) is 0 Å². The smallest absolute Gasteiger partial charge is 0.131 e. The van der Waals surface area contributed by atoms with Crippen LogP contribution in [0.4, 0.5) is 0 Å². The topological polar surface area (TPSA) is 47.7 Å². The van der Waals surface area contributed by atoms with Crippen LogP contribution in [-0.4, -0.2) is 25.4 Å². The lowest BCUT2D eigenvalue weighted by Gasteiger charge is -2.14. The largest absolute Gasteiger partial charge is 0.336 e. The summed E-state index contributed by atoms with van der Waals surface area (Å²) in [6.07, 6.45) is 5.57. The van der Waals surface area contributed by atoms with Crippen LogP contribution in [0.2, 0.25) is 5.15 Å². The van der Waals surface area contributed by atoms with Crippen molar-refractivity contribution in [2.24, 2.45) is 7.05 Å². The Labute approximate surface area is 112 Å². The van der Waals surface area contributed by atoms with Crippen LogP contribution < -0.4 is 5.32 Å². The molecule has 18 heavy (non-hydrogen) atoms. The van der Waals surface area contributed by atoms with Gasteiger partial charge < -0.3 is 9.88 Å². The maximum absolute atomic E-state index is 6.19. The van der Waals surface area contributed by atoms with Gasteiger partial charge in [-0.05, 0) is 13.8 Å². The highest BCUT2D eigenvalue weighted by Gasteiger charge is 2.12. The number of halogens is 1. The molecule has 2 aromatic heterocycles. The molecule has 0 radical (unpaired) electrons. The van der Waals surface area contributed by atoms with Gasteiger partial charge >= 0.3 is 0 Å². The first kappa shape index (κ1) is 13.1. The van der Waals surface area contributed by atoms with Crippen molar-refractivity contribution in [2.45, 2.75) is 33.0 Å². The summed E-state index contributed by atoms with van der Waals surface area (Å²) < 4.78 is 3.75. The monoisotopic (exact) mass is 267 g/mol. The maximum Gasteiger partial charge on any atom is 0.131 e. The van der Waals surface area contributed by atoms with Gasteiger partial charge in [0.05, 0.1) is 12.0 Å². The normalized spacial score (nSPS) is 12.9. The molecule has 6 heteroatoms. The van der Waals surface area contributed by atoms with Gasteiger partial charge in [0.15, 0.2) is 0 Å². The van der Waals surface area contributed by atoms with Gasteiger partial charge in [0, 0.05) is 44.1 Å². The zero-order valence-corrected chi connectivity index (χ0v) is 11.6. The first-order chi connectivity index (χ1) is 8.58. The molecule has 0 bridgehead atoms. The Kier molecular flexibility index (Phi) is 4.04. The van der Waals surface area contributed by atoms with Crippen LogP contribution in [0.3, 0.4) is 0 Å². The second-order valence-corrected chi connectivity index (χ2v) is 4.88. The van der Waals surface area contributed by atoms with E-state index in [1.54, 1.807) is 10.9 Å². The van der Waals surface area contributed by atoms with Gasteiger partial charge in [-0.25, -0.2) is 4.98 Å². The highest BCUT2D eigenvalue weighted by atomic mass is 35.5. The molecular weight excluding hydrogens is 250 g/mol. The lowest BCUT2D eigenvalue weighted by Crippen LogP contribution is -2.29. The third kappa shape index (κ3) is 2.91. The Morgan fingerprint density at radius 3 is 2.83 bits per heavy atom. The molecule has 0 saturated heterocycles. The SMILES string of the molecule is Cc1nn(C)c(Cl)c1CNC(C)Cn1ccnc1. The number of nitrogens with one attached hydrogen (secondary N) is 1. The number of aryl methyl sites for hydroxylation is 2. The van der Waals surface area contributed by atoms with Crippen LogP contribution in [0.5, 0.6) is 0 Å². The molecule has 0 aliphatic rings. The van der Waals surface area contributed by atoms with E-state index in [1.165, 1.54) is 0 Å². The van der Waals surface area contributed by atoms with Crippen molar-refractivity contribution in [3.8, 4) is 0 Å². The van der Waals surface area contributed by atoms with E-state index in [1.807, 2.05) is 26.5 Å². The van der Waals surface area contributed by atoms with E-state index in [4.69, 9.17) is 11.6 Å². The number of hydrogen-bond donors (Lipinski definition) is 1. The summed E-state index contributed by atoms with van der Waals surface area (Å²) >= 11 is 6.19. The molecule has 0 amide bonds. The second kappa shape index (κ2) is 5.54. The van der Waals surface area contributed by atoms with Crippen molar-refractivity contribution in [3.05, 3.63) is 35.1 Å². The van der Waals surface area contributed by atoms with Crippen LogP contribution in [0.25, 0.3) is 0 Å². The fourth-order valence-electron chi connectivity index (χ4n) is 1.93. The Morgan fingerprint density at radius 2 is 2.28 bits per heavy atom. The molecule has 98 valence electrons. The number of hydrogen-bond acceptors (Lipinski definition) is 3. The second-order valence-electron chi connectivity index (χ2n) is 4.52. The molecule has 1 atom stereocenters. The van der Waals surface area contributed by atoms with Crippen molar-refractivity contribution in [3.63, 3.8) is 0 Å². The zero-order chi connectivity index (χ0) is 13.1. The standard InChI is InChI=1S/C12H18ClN5/c1-9(7-18-5-4-14-8-18)15-6-11-10(2)16-17(3)12(11)13/h4-5,8-9,15H,6-7H2,1-3H3. The quantitative estimate of drug-likeness (QED) is 0.898. The minimum absolute atomic E-state index is 0.342. The number of rotatable bonds is 5. The summed E-state index contributed by atoms with van der Waals surface area (Å²) in [6.45, 7) is 5.73. The molecule has 0 aliphatic heterocycles. The van der Waals surface area contributed by atoms with Gasteiger partial charge in [0.25, 0.3) is 0 Å². The van der Waals surface area contributed by atoms with E-state index in [0.717, 1.165) is 24.3 Å². The molecule has 2 heterocycles. The average molecular weight is 268 g/mol. The first-order valence-corrected chi connectivity index (χ1v) is 6.33. The van der Waals surface area contributed by atoms with E-state index in [0.29, 0.717) is 11.2 Å². The average Bonchev–Trinajstić information content (AvgIpc) is 2.88. The molecule has 5 nitrogen and oxygen atoms in total. The molecule has 2 rings (SSSR count). The first-order valence-electron chi connectivity index (χ1n) is 5.95. The molecule has 0 fully saturated rings. The molecule has 1 N–H and O–H groups in total. The Morgan fingerprint density at radius 1 is 1.50 bits per heavy atom. The van der Waals surface area contributed by atoms with Gasteiger partial charge in [-0.2, -0.15) is 5.10 Å². The Hall–Kier alpha value is -1.33. The third-order valence-corrected chi connectivity index (χ3v) is 3.41. The number of aromatic nitrogens is 4. The van der Waals surface area contributed by atoms with E-state index >= 15 is 0 Å². The Balaban J connectivity index is 1.91. The number of nitrogens with zero attached hydrogens (tertiary/aromatic N) is 4. The van der Waals surface area contributed by atoms with Crippen LogP contribution >= 0.6 is 11.6 Å². The summed E-state index contributed by atoms with van der Waals surface area (Å²) in [7, 11) is 1.85. The number of imidazole rings is 1. The Bertz CT molecular complexity index is 503. The van der Waals surface area contributed by atoms with Crippen LogP contribution in [-0.2, 0) is 20.1 Å². The molecule has 0 saturated carbocycles. The summed E-state index contributed by atoms with van der Waals surface area (Å²) in [5, 5.41) is 8.44. The molecule has 1 unspecified atom stereocenters. The van der Waals surface area contributed by atoms with Crippen molar-refractivity contribution in [1.29, 1.82) is 0 Å². The van der Waals surface area contributed by atoms with Gasteiger partial charge in [-0.3, -0.25) is 4.68 Å². The lowest BCUT2D eigenvalue weighted by molar-refractivity contribution is 0.475. The van der Waals surface area contributed by atoms with E-state index in [2.05, 4.69) is 26.9 Å². The third-order valence-electron chi connectivity index (χ3n) is 2.94. The van der Waals surface area contributed by atoms with Crippen molar-refractivity contribution < 1.29 is 0 Å². The molecule has 2 aromatic rings. The van der Waals surface area contributed by atoms with E-state index in [-0.39, 0.29) is 0 Å². The van der Waals surface area contributed by atoms with Crippen molar-refractivity contribution >= 4 is 11.6 Å². The summed E-state index contributed by atoms with van der Waals surface area (Å²) in [5.74, 6) is 0. The lowest BCUT2D eigenvalue weighted by atomic mass is 10.2.